The molecule has 0 N–H and O–H groups in total. The minimum absolute atomic E-state index is 0.0920. The Balaban J connectivity index is 1.35. The van der Waals surface area contributed by atoms with E-state index in [0.717, 1.165) is 22.4 Å². The van der Waals surface area contributed by atoms with Gasteiger partial charge in [0.15, 0.2) is 0 Å². The number of benzene rings is 3. The van der Waals surface area contributed by atoms with Gasteiger partial charge >= 0.3 is 12.1 Å². The van der Waals surface area contributed by atoms with Crippen molar-refractivity contribution in [3.63, 3.8) is 0 Å². The molecule has 5 rings (SSSR count). The van der Waals surface area contributed by atoms with E-state index in [-0.39, 0.29) is 19.8 Å². The van der Waals surface area contributed by atoms with Crippen LogP contribution in [0.3, 0.4) is 0 Å². The highest BCUT2D eigenvalue weighted by atomic mass is 16.6. The van der Waals surface area contributed by atoms with Gasteiger partial charge in [-0.3, -0.25) is 9.69 Å². The zero-order valence-corrected chi connectivity index (χ0v) is 20.6. The molecule has 3 aromatic carbocycles. The Kier molecular flexibility index (Phi) is 7.51. The molecule has 37 heavy (non-hydrogen) atoms. The molecule has 1 amide bonds. The van der Waals surface area contributed by atoms with Crippen LogP contribution in [0, 0.1) is 5.92 Å². The van der Waals surface area contributed by atoms with Gasteiger partial charge in [0.25, 0.3) is 0 Å². The molecule has 3 aromatic rings. The van der Waals surface area contributed by atoms with Crippen molar-refractivity contribution >= 4 is 12.1 Å². The van der Waals surface area contributed by atoms with E-state index in [1.807, 2.05) is 97.1 Å². The third-order valence-electron chi connectivity index (χ3n) is 6.67. The van der Waals surface area contributed by atoms with Gasteiger partial charge in [-0.1, -0.05) is 84.9 Å². The van der Waals surface area contributed by atoms with Gasteiger partial charge in [0.2, 0.25) is 0 Å². The normalized spacial score (nSPS) is 21.4. The van der Waals surface area contributed by atoms with Crippen LogP contribution >= 0.6 is 0 Å². The zero-order valence-electron chi connectivity index (χ0n) is 20.6. The monoisotopic (exact) mass is 499 g/mol. The van der Waals surface area contributed by atoms with Crippen LogP contribution in [0.25, 0.3) is 0 Å². The number of carbonyl (C=O) groups excluding carboxylic acids is 2. The number of rotatable bonds is 9. The van der Waals surface area contributed by atoms with Crippen molar-refractivity contribution in [1.29, 1.82) is 0 Å². The number of esters is 1. The van der Waals surface area contributed by atoms with Crippen molar-refractivity contribution in [1.82, 2.24) is 4.90 Å². The minimum atomic E-state index is -0.657. The van der Waals surface area contributed by atoms with Crippen LogP contribution in [-0.2, 0) is 38.8 Å². The third kappa shape index (κ3) is 5.67. The number of amides is 1. The molecule has 0 aliphatic carbocycles. The lowest BCUT2D eigenvalue weighted by Gasteiger charge is -2.34. The predicted molar refractivity (Wildman–Crippen MR) is 136 cm³/mol. The summed E-state index contributed by atoms with van der Waals surface area (Å²) in [5, 5.41) is 0. The lowest BCUT2D eigenvalue weighted by Crippen LogP contribution is -2.51. The van der Waals surface area contributed by atoms with Crippen LogP contribution in [0.2, 0.25) is 0 Å². The van der Waals surface area contributed by atoms with E-state index in [1.165, 1.54) is 0 Å². The Morgan fingerprint density at radius 3 is 2.03 bits per heavy atom. The molecule has 4 atom stereocenters. The summed E-state index contributed by atoms with van der Waals surface area (Å²) >= 11 is 0. The summed E-state index contributed by atoms with van der Waals surface area (Å²) in [6.45, 7) is 0.523. The van der Waals surface area contributed by atoms with Gasteiger partial charge < -0.3 is 18.9 Å². The van der Waals surface area contributed by atoms with E-state index in [1.54, 1.807) is 12.0 Å². The van der Waals surface area contributed by atoms with Crippen molar-refractivity contribution in [3.05, 3.63) is 114 Å². The Morgan fingerprint density at radius 1 is 0.757 bits per heavy atom. The van der Waals surface area contributed by atoms with Gasteiger partial charge in [0.05, 0.1) is 25.4 Å². The number of carbonyl (C=O) groups is 2. The molecule has 0 spiro atoms. The highest BCUT2D eigenvalue weighted by molar-refractivity contribution is 5.78. The molecule has 7 heteroatoms. The number of hydrogen-bond acceptors (Lipinski definition) is 6. The van der Waals surface area contributed by atoms with E-state index < -0.39 is 36.2 Å². The molecule has 0 saturated carbocycles. The Hall–Kier alpha value is -4.10. The first-order valence-electron chi connectivity index (χ1n) is 12.3. The van der Waals surface area contributed by atoms with E-state index >= 15 is 0 Å². The second kappa shape index (κ2) is 11.3. The average Bonchev–Trinajstić information content (AvgIpc) is 3.57. The zero-order chi connectivity index (χ0) is 25.6. The summed E-state index contributed by atoms with van der Waals surface area (Å²) in [4.78, 5) is 28.4. The molecule has 2 aliphatic rings. The maximum Gasteiger partial charge on any atom is 0.410 e. The quantitative estimate of drug-likeness (QED) is 0.308. The molecule has 0 radical (unpaired) electrons. The third-order valence-corrected chi connectivity index (χ3v) is 6.67. The van der Waals surface area contributed by atoms with Crippen LogP contribution in [0.5, 0.6) is 5.75 Å². The largest absolute Gasteiger partial charge is 0.497 e. The van der Waals surface area contributed by atoms with Crippen molar-refractivity contribution in [2.45, 2.75) is 38.0 Å². The lowest BCUT2D eigenvalue weighted by atomic mass is 9.87. The molecule has 2 bridgehead atoms. The van der Waals surface area contributed by atoms with Crippen LogP contribution in [-0.4, -0.2) is 42.3 Å². The van der Waals surface area contributed by atoms with Crippen LogP contribution in [0.15, 0.2) is 97.1 Å². The number of ether oxygens (including phenoxy) is 4. The number of hydrogen-bond donors (Lipinski definition) is 0. The predicted octanol–water partition coefficient (Wildman–Crippen LogP) is 4.90. The lowest BCUT2D eigenvalue weighted by molar-refractivity contribution is -0.152. The fourth-order valence-electron chi connectivity index (χ4n) is 4.78. The summed E-state index contributed by atoms with van der Waals surface area (Å²) in [5.41, 5.74) is 2.65. The fourth-order valence-corrected chi connectivity index (χ4v) is 4.78. The number of methoxy groups -OCH3 is 1. The second-order valence-corrected chi connectivity index (χ2v) is 9.08. The first-order valence-corrected chi connectivity index (χ1v) is 12.3. The maximum atomic E-state index is 13.5. The van der Waals surface area contributed by atoms with Crippen LogP contribution in [0.4, 0.5) is 4.79 Å². The van der Waals surface area contributed by atoms with Crippen molar-refractivity contribution < 1.29 is 28.5 Å². The first-order chi connectivity index (χ1) is 18.1. The molecule has 1 fully saturated rings. The van der Waals surface area contributed by atoms with E-state index in [2.05, 4.69) is 0 Å². The summed E-state index contributed by atoms with van der Waals surface area (Å²) < 4.78 is 22.7. The number of nitrogens with zero attached hydrogens (tertiary/aromatic N) is 1. The first kappa shape index (κ1) is 24.6. The molecule has 7 nitrogen and oxygen atoms in total. The summed E-state index contributed by atoms with van der Waals surface area (Å²) in [6, 6.07) is 25.9. The van der Waals surface area contributed by atoms with Crippen molar-refractivity contribution in [3.8, 4) is 5.75 Å². The molecule has 1 saturated heterocycles. The summed E-state index contributed by atoms with van der Waals surface area (Å²) in [7, 11) is 1.60. The Bertz CT molecular complexity index is 1230. The molecular weight excluding hydrogens is 470 g/mol. The van der Waals surface area contributed by atoms with E-state index in [4.69, 9.17) is 18.9 Å². The highest BCUT2D eigenvalue weighted by Crippen LogP contribution is 2.39. The SMILES string of the molecule is COc1ccc(COC(=O)N(Cc2ccccc2)[C@@H]2[C@@H](C(=O)OCc3ccccc3)[C@H]3C=C[C@@H]2O3)cc1. The van der Waals surface area contributed by atoms with Gasteiger partial charge in [-0.2, -0.15) is 0 Å². The topological polar surface area (TPSA) is 74.3 Å². The molecule has 190 valence electrons. The fraction of sp³-hybridized carbons (Fsp3) is 0.267. The Labute approximate surface area is 216 Å². The van der Waals surface area contributed by atoms with Crippen molar-refractivity contribution in [2.24, 2.45) is 5.92 Å². The average molecular weight is 500 g/mol. The van der Waals surface area contributed by atoms with Crippen LogP contribution in [0.1, 0.15) is 16.7 Å². The van der Waals surface area contributed by atoms with Gasteiger partial charge in [0, 0.05) is 6.54 Å². The molecular formula is C30H29NO6. The Morgan fingerprint density at radius 2 is 1.35 bits per heavy atom. The molecule has 2 aliphatic heterocycles. The molecule has 0 unspecified atom stereocenters. The smallest absolute Gasteiger partial charge is 0.410 e. The van der Waals surface area contributed by atoms with Crippen LogP contribution < -0.4 is 4.74 Å². The summed E-state index contributed by atoms with van der Waals surface area (Å²) in [5.74, 6) is -0.328. The van der Waals surface area contributed by atoms with Gasteiger partial charge in [-0.15, -0.1) is 0 Å². The maximum absolute atomic E-state index is 13.5. The molecule has 0 aromatic heterocycles. The van der Waals surface area contributed by atoms with E-state index in [0.29, 0.717) is 0 Å². The standard InChI is InChI=1S/C30H29NO6/c1-34-24-14-12-23(13-15-24)20-36-30(33)31(18-21-8-4-2-5-9-21)28-26-17-16-25(37-26)27(28)29(32)35-19-22-10-6-3-7-11-22/h2-17,25-28H,18-20H2,1H3/t25-,26+,27+,28+/m1/s1. The van der Waals surface area contributed by atoms with Gasteiger partial charge in [0.1, 0.15) is 24.9 Å². The number of fused-ring (bicyclic) bond motifs is 2. The van der Waals surface area contributed by atoms with E-state index in [9.17, 15) is 9.59 Å². The van der Waals surface area contributed by atoms with Crippen molar-refractivity contribution in [2.75, 3.05) is 7.11 Å². The second-order valence-electron chi connectivity index (χ2n) is 9.08. The summed E-state index contributed by atoms with van der Waals surface area (Å²) in [6.07, 6.45) is 2.39. The highest BCUT2D eigenvalue weighted by Gasteiger charge is 2.54. The molecule has 2 heterocycles. The minimum Gasteiger partial charge on any atom is -0.497 e. The van der Waals surface area contributed by atoms with Gasteiger partial charge in [-0.05, 0) is 28.8 Å². The van der Waals surface area contributed by atoms with Gasteiger partial charge in [-0.25, -0.2) is 4.79 Å².